The van der Waals surface area contributed by atoms with Gasteiger partial charge in [0.05, 0.1) is 17.6 Å². The average molecular weight is 444 g/mol. The fourth-order valence-electron chi connectivity index (χ4n) is 2.99. The van der Waals surface area contributed by atoms with Crippen molar-refractivity contribution < 1.29 is 27.8 Å². The summed E-state index contributed by atoms with van der Waals surface area (Å²) in [5, 5.41) is 19.0. The number of nitrogens with zero attached hydrogens (tertiary/aromatic N) is 1. The van der Waals surface area contributed by atoms with Crippen molar-refractivity contribution in [3.05, 3.63) is 72.0 Å². The first kappa shape index (κ1) is 21.2. The number of hydrogen-bond donors (Lipinski definition) is 3. The van der Waals surface area contributed by atoms with E-state index >= 15 is 0 Å². The molecule has 31 heavy (non-hydrogen) atoms. The van der Waals surface area contributed by atoms with Gasteiger partial charge in [-0.15, -0.1) is 0 Å². The molecule has 0 amide bonds. The molecule has 0 unspecified atom stereocenters. The average Bonchev–Trinajstić information content (AvgIpc) is 3.61. The molecule has 4 rings (SSSR count). The number of nitrogens with one attached hydrogen (secondary N) is 1. The summed E-state index contributed by atoms with van der Waals surface area (Å²) in [6.45, 7) is -0.511. The number of anilines is 1. The van der Waals surface area contributed by atoms with Crippen molar-refractivity contribution in [2.45, 2.75) is 24.2 Å². The maximum atomic E-state index is 13.0. The number of aliphatic hydroxyl groups is 2. The molecule has 0 radical (unpaired) electrons. The van der Waals surface area contributed by atoms with Crippen LogP contribution in [0.5, 0.6) is 11.5 Å². The number of aliphatic hydroxyl groups excluding tert-OH is 2. The number of halogens is 1. The van der Waals surface area contributed by atoms with Gasteiger partial charge in [-0.2, -0.15) is 0 Å². The number of hydrogen-bond acceptors (Lipinski definition) is 6. The summed E-state index contributed by atoms with van der Waals surface area (Å²) in [7, 11) is -3.54. The molecule has 0 spiro atoms. The van der Waals surface area contributed by atoms with Crippen molar-refractivity contribution in [3.63, 3.8) is 0 Å². The van der Waals surface area contributed by atoms with Gasteiger partial charge in [-0.1, -0.05) is 0 Å². The van der Waals surface area contributed by atoms with Crippen LogP contribution in [0.2, 0.25) is 0 Å². The van der Waals surface area contributed by atoms with Crippen LogP contribution in [0.1, 0.15) is 24.5 Å². The number of rotatable bonds is 8. The molecule has 1 saturated carbocycles. The summed E-state index contributed by atoms with van der Waals surface area (Å²) in [5.74, 6) is 0.735. The fourth-order valence-corrected chi connectivity index (χ4v) is 4.31. The van der Waals surface area contributed by atoms with Crippen LogP contribution < -0.4 is 9.46 Å². The molecule has 0 saturated heterocycles. The molecule has 9 heteroatoms. The van der Waals surface area contributed by atoms with E-state index in [1.54, 1.807) is 30.3 Å². The largest absolute Gasteiger partial charge is 0.457 e. The third-order valence-corrected chi connectivity index (χ3v) is 6.66. The van der Waals surface area contributed by atoms with Crippen LogP contribution in [0.25, 0.3) is 11.3 Å². The third-order valence-electron chi connectivity index (χ3n) is 4.81. The van der Waals surface area contributed by atoms with Gasteiger partial charge in [-0.3, -0.25) is 4.72 Å². The van der Waals surface area contributed by atoms with Gasteiger partial charge in [0, 0.05) is 5.56 Å². The quantitative estimate of drug-likeness (QED) is 0.490. The molecular weight excluding hydrogens is 423 g/mol. The molecule has 7 nitrogen and oxygen atoms in total. The van der Waals surface area contributed by atoms with Crippen molar-refractivity contribution in [2.75, 3.05) is 11.3 Å². The highest BCUT2D eigenvalue weighted by atomic mass is 32.2. The second-order valence-corrected chi connectivity index (χ2v) is 9.26. The van der Waals surface area contributed by atoms with Crippen molar-refractivity contribution in [1.29, 1.82) is 0 Å². The normalized spacial score (nSPS) is 14.8. The Bertz CT molecular complexity index is 1160. The van der Waals surface area contributed by atoms with Crippen LogP contribution in [0.4, 0.5) is 10.2 Å². The van der Waals surface area contributed by atoms with Crippen LogP contribution >= 0.6 is 0 Å². The van der Waals surface area contributed by atoms with Crippen LogP contribution in [0, 0.1) is 5.82 Å². The summed E-state index contributed by atoms with van der Waals surface area (Å²) in [5.41, 5.74) is 1.42. The molecule has 1 fully saturated rings. The van der Waals surface area contributed by atoms with Crippen LogP contribution in [0.15, 0.2) is 60.7 Å². The van der Waals surface area contributed by atoms with Gasteiger partial charge in [0.2, 0.25) is 10.0 Å². The molecule has 1 aliphatic rings. The molecule has 162 valence electrons. The topological polar surface area (TPSA) is 109 Å². The van der Waals surface area contributed by atoms with Crippen molar-refractivity contribution in [1.82, 2.24) is 4.98 Å². The molecule has 1 aliphatic carbocycles. The van der Waals surface area contributed by atoms with E-state index in [4.69, 9.17) is 4.74 Å². The zero-order valence-corrected chi connectivity index (χ0v) is 17.2. The van der Waals surface area contributed by atoms with Gasteiger partial charge in [-0.05, 0) is 79.1 Å². The number of aromatic nitrogens is 1. The summed E-state index contributed by atoms with van der Waals surface area (Å²) < 4.78 is 45.8. The van der Waals surface area contributed by atoms with E-state index in [1.807, 2.05) is 0 Å². The number of ether oxygens (including phenoxy) is 1. The molecule has 1 atom stereocenters. The fraction of sp³-hybridized carbons (Fsp3) is 0.227. The first-order valence-corrected chi connectivity index (χ1v) is 11.2. The van der Waals surface area contributed by atoms with Crippen molar-refractivity contribution >= 4 is 15.8 Å². The van der Waals surface area contributed by atoms with Crippen LogP contribution in [-0.4, -0.2) is 35.5 Å². The maximum Gasteiger partial charge on any atom is 0.236 e. The number of pyridine rings is 1. The predicted octanol–water partition coefficient (Wildman–Crippen LogP) is 3.61. The zero-order valence-electron chi connectivity index (χ0n) is 16.4. The monoisotopic (exact) mass is 444 g/mol. The van der Waals surface area contributed by atoms with Gasteiger partial charge in [-0.25, -0.2) is 17.8 Å². The third kappa shape index (κ3) is 5.19. The lowest BCUT2D eigenvalue weighted by Gasteiger charge is -2.14. The molecular formula is C22H21FN2O5S. The highest BCUT2D eigenvalue weighted by molar-refractivity contribution is 7.93. The highest BCUT2D eigenvalue weighted by Gasteiger charge is 2.36. The maximum absolute atomic E-state index is 13.0. The van der Waals surface area contributed by atoms with E-state index in [9.17, 15) is 23.0 Å². The van der Waals surface area contributed by atoms with E-state index in [1.165, 1.54) is 30.3 Å². The van der Waals surface area contributed by atoms with E-state index < -0.39 is 28.0 Å². The van der Waals surface area contributed by atoms with Gasteiger partial charge < -0.3 is 14.9 Å². The molecule has 1 aromatic heterocycles. The van der Waals surface area contributed by atoms with E-state index in [-0.39, 0.29) is 11.6 Å². The SMILES string of the molecule is O=S(=O)(Nc1cc([C@H](O)CO)cc(-c2ccc(Oc3ccc(F)cc3)cc2)n1)C1CC1. The standard InChI is InChI=1S/C22H21FN2O5S/c23-16-3-7-18(8-4-16)30-17-5-1-14(2-6-17)20-11-15(21(27)13-26)12-22(24-20)25-31(28,29)19-9-10-19/h1-8,11-12,19,21,26-27H,9-10,13H2,(H,24,25)/t21-/m1/s1. The minimum absolute atomic E-state index is 0.0820. The lowest BCUT2D eigenvalue weighted by molar-refractivity contribution is 0.0956. The Kier molecular flexibility index (Phi) is 5.90. The molecule has 2 aromatic carbocycles. The molecule has 3 N–H and O–H groups in total. The molecule has 1 heterocycles. The van der Waals surface area contributed by atoms with Gasteiger partial charge >= 0.3 is 0 Å². The summed E-state index contributed by atoms with van der Waals surface area (Å²) in [6, 6.07) is 15.5. The zero-order chi connectivity index (χ0) is 22.0. The Morgan fingerprint density at radius 3 is 2.26 bits per heavy atom. The van der Waals surface area contributed by atoms with Gasteiger partial charge in [0.25, 0.3) is 0 Å². The Hall–Kier alpha value is -3.01. The van der Waals surface area contributed by atoms with E-state index in [2.05, 4.69) is 9.71 Å². The Morgan fingerprint density at radius 1 is 1.06 bits per heavy atom. The lowest BCUT2D eigenvalue weighted by atomic mass is 10.1. The predicted molar refractivity (Wildman–Crippen MR) is 114 cm³/mol. The minimum atomic E-state index is -3.54. The lowest BCUT2D eigenvalue weighted by Crippen LogP contribution is -2.18. The van der Waals surface area contributed by atoms with Gasteiger partial charge in [0.15, 0.2) is 0 Å². The second-order valence-electron chi connectivity index (χ2n) is 7.30. The molecule has 3 aromatic rings. The molecule has 0 bridgehead atoms. The Labute approximate surface area is 179 Å². The summed E-state index contributed by atoms with van der Waals surface area (Å²) in [6.07, 6.45) is 0.0415. The smallest absolute Gasteiger partial charge is 0.236 e. The van der Waals surface area contributed by atoms with Crippen molar-refractivity contribution in [2.24, 2.45) is 0 Å². The van der Waals surface area contributed by atoms with Crippen LogP contribution in [0.3, 0.4) is 0 Å². The van der Waals surface area contributed by atoms with E-state index in [0.29, 0.717) is 41.2 Å². The summed E-state index contributed by atoms with van der Waals surface area (Å²) >= 11 is 0. The van der Waals surface area contributed by atoms with Crippen molar-refractivity contribution in [3.8, 4) is 22.8 Å². The Morgan fingerprint density at radius 2 is 1.68 bits per heavy atom. The van der Waals surface area contributed by atoms with Gasteiger partial charge in [0.1, 0.15) is 29.2 Å². The van der Waals surface area contributed by atoms with Crippen LogP contribution in [-0.2, 0) is 10.0 Å². The number of benzene rings is 2. The first-order chi connectivity index (χ1) is 14.8. The van der Waals surface area contributed by atoms with E-state index in [0.717, 1.165) is 0 Å². The number of sulfonamides is 1. The minimum Gasteiger partial charge on any atom is -0.457 e. The highest BCUT2D eigenvalue weighted by Crippen LogP contribution is 2.32. The second kappa shape index (κ2) is 8.62. The first-order valence-electron chi connectivity index (χ1n) is 9.70. The Balaban J connectivity index is 1.61. The summed E-state index contributed by atoms with van der Waals surface area (Å²) in [4.78, 5) is 4.37. The molecule has 0 aliphatic heterocycles.